The Kier molecular flexibility index (Phi) is 3.84. The first-order valence-corrected chi connectivity index (χ1v) is 6.11. The van der Waals surface area contributed by atoms with Crippen LogP contribution in [-0.4, -0.2) is 21.0 Å². The van der Waals surface area contributed by atoms with Gasteiger partial charge in [0.1, 0.15) is 0 Å². The standard InChI is InChI=1S/C14H13N3O4/c1-8-5-9(2)7-10(6-8)15-13-12(17(20)21)4-3-11(16-13)14(18)19/h3-7H,1-2H3,(H,15,16)(H,18,19). The summed E-state index contributed by atoms with van der Waals surface area (Å²) in [6.07, 6.45) is 0. The highest BCUT2D eigenvalue weighted by Crippen LogP contribution is 2.26. The third-order valence-corrected chi connectivity index (χ3v) is 2.77. The second kappa shape index (κ2) is 5.58. The van der Waals surface area contributed by atoms with Crippen molar-refractivity contribution in [3.05, 3.63) is 57.3 Å². The van der Waals surface area contributed by atoms with Crippen LogP contribution in [0.4, 0.5) is 17.2 Å². The van der Waals surface area contributed by atoms with E-state index in [0.29, 0.717) is 5.69 Å². The molecule has 1 aromatic carbocycles. The van der Waals surface area contributed by atoms with Gasteiger partial charge in [-0.3, -0.25) is 10.1 Å². The van der Waals surface area contributed by atoms with Gasteiger partial charge in [0, 0.05) is 11.8 Å². The first kappa shape index (κ1) is 14.4. The molecule has 1 heterocycles. The molecule has 0 radical (unpaired) electrons. The number of nitro groups is 1. The van der Waals surface area contributed by atoms with E-state index < -0.39 is 10.9 Å². The molecule has 7 nitrogen and oxygen atoms in total. The fourth-order valence-corrected chi connectivity index (χ4v) is 1.99. The summed E-state index contributed by atoms with van der Waals surface area (Å²) in [4.78, 5) is 25.1. The van der Waals surface area contributed by atoms with Crippen molar-refractivity contribution in [3.8, 4) is 0 Å². The molecule has 1 aromatic heterocycles. The molecule has 0 unspecified atom stereocenters. The lowest BCUT2D eigenvalue weighted by molar-refractivity contribution is -0.384. The zero-order valence-electron chi connectivity index (χ0n) is 11.5. The number of anilines is 2. The van der Waals surface area contributed by atoms with Crippen LogP contribution in [0.25, 0.3) is 0 Å². The second-order valence-corrected chi connectivity index (χ2v) is 4.63. The molecule has 0 fully saturated rings. The molecule has 2 rings (SSSR count). The first-order chi connectivity index (χ1) is 9.86. The molecular weight excluding hydrogens is 274 g/mol. The van der Waals surface area contributed by atoms with Gasteiger partial charge in [-0.05, 0) is 43.2 Å². The normalized spacial score (nSPS) is 10.2. The minimum atomic E-state index is -1.24. The predicted octanol–water partition coefficient (Wildman–Crippen LogP) is 3.05. The summed E-state index contributed by atoms with van der Waals surface area (Å²) in [6.45, 7) is 3.79. The third-order valence-electron chi connectivity index (χ3n) is 2.77. The number of benzene rings is 1. The van der Waals surface area contributed by atoms with Crippen LogP contribution in [0, 0.1) is 24.0 Å². The summed E-state index contributed by atoms with van der Waals surface area (Å²) in [6, 6.07) is 7.78. The van der Waals surface area contributed by atoms with Crippen LogP contribution in [-0.2, 0) is 0 Å². The lowest BCUT2D eigenvalue weighted by Crippen LogP contribution is -2.06. The lowest BCUT2D eigenvalue weighted by Gasteiger charge is -2.09. The van der Waals surface area contributed by atoms with Crippen LogP contribution in [0.3, 0.4) is 0 Å². The predicted molar refractivity (Wildman–Crippen MR) is 77.0 cm³/mol. The number of aromatic carboxylic acids is 1. The fourth-order valence-electron chi connectivity index (χ4n) is 1.99. The molecule has 2 N–H and O–H groups in total. The molecule has 0 saturated carbocycles. The van der Waals surface area contributed by atoms with Crippen molar-refractivity contribution in [2.24, 2.45) is 0 Å². The maximum Gasteiger partial charge on any atom is 0.354 e. The second-order valence-electron chi connectivity index (χ2n) is 4.63. The van der Waals surface area contributed by atoms with Crippen LogP contribution in [0.15, 0.2) is 30.3 Å². The van der Waals surface area contributed by atoms with Crippen molar-refractivity contribution in [1.82, 2.24) is 4.98 Å². The Morgan fingerprint density at radius 1 is 1.24 bits per heavy atom. The van der Waals surface area contributed by atoms with E-state index >= 15 is 0 Å². The van der Waals surface area contributed by atoms with Crippen molar-refractivity contribution >= 4 is 23.2 Å². The highest BCUT2D eigenvalue weighted by Gasteiger charge is 2.18. The van der Waals surface area contributed by atoms with Crippen LogP contribution in [0.5, 0.6) is 0 Å². The van der Waals surface area contributed by atoms with Crippen molar-refractivity contribution in [2.75, 3.05) is 5.32 Å². The fraction of sp³-hybridized carbons (Fsp3) is 0.143. The van der Waals surface area contributed by atoms with Crippen LogP contribution in [0.1, 0.15) is 21.6 Å². The molecule has 0 aliphatic carbocycles. The van der Waals surface area contributed by atoms with Crippen LogP contribution in [0.2, 0.25) is 0 Å². The first-order valence-electron chi connectivity index (χ1n) is 6.11. The molecule has 0 bridgehead atoms. The molecule has 0 saturated heterocycles. The lowest BCUT2D eigenvalue weighted by atomic mass is 10.1. The number of pyridine rings is 1. The summed E-state index contributed by atoms with van der Waals surface area (Å²) in [7, 11) is 0. The zero-order valence-corrected chi connectivity index (χ0v) is 11.5. The Labute approximate surface area is 120 Å². The minimum Gasteiger partial charge on any atom is -0.477 e. The number of aromatic nitrogens is 1. The summed E-state index contributed by atoms with van der Waals surface area (Å²) in [5.74, 6) is -1.33. The number of carboxylic acids is 1. The third kappa shape index (κ3) is 3.33. The van der Waals surface area contributed by atoms with Gasteiger partial charge >= 0.3 is 11.7 Å². The number of aryl methyl sites for hydroxylation is 2. The number of hydrogen-bond donors (Lipinski definition) is 2. The van der Waals surface area contributed by atoms with E-state index in [1.807, 2.05) is 19.9 Å². The summed E-state index contributed by atoms with van der Waals surface area (Å²) in [5.41, 5.74) is 2.04. The van der Waals surface area contributed by atoms with Crippen molar-refractivity contribution in [1.29, 1.82) is 0 Å². The van der Waals surface area contributed by atoms with Gasteiger partial charge in [0.15, 0.2) is 5.69 Å². The van der Waals surface area contributed by atoms with Gasteiger partial charge in [0.2, 0.25) is 5.82 Å². The SMILES string of the molecule is Cc1cc(C)cc(Nc2nc(C(=O)O)ccc2[N+](=O)[O-])c1. The van der Waals surface area contributed by atoms with Gasteiger partial charge < -0.3 is 10.4 Å². The summed E-state index contributed by atoms with van der Waals surface area (Å²) < 4.78 is 0. The number of rotatable bonds is 4. The van der Waals surface area contributed by atoms with Gasteiger partial charge in [-0.15, -0.1) is 0 Å². The Hall–Kier alpha value is -2.96. The van der Waals surface area contributed by atoms with E-state index in [2.05, 4.69) is 10.3 Å². The monoisotopic (exact) mass is 287 g/mol. The van der Waals surface area contributed by atoms with E-state index in [4.69, 9.17) is 5.11 Å². The largest absolute Gasteiger partial charge is 0.477 e. The molecule has 0 amide bonds. The highest BCUT2D eigenvalue weighted by atomic mass is 16.6. The number of carboxylic acid groups (broad SMARTS) is 1. The average Bonchev–Trinajstić information content (AvgIpc) is 2.36. The molecule has 0 atom stereocenters. The molecule has 108 valence electrons. The van der Waals surface area contributed by atoms with Crippen LogP contribution < -0.4 is 5.32 Å². The van der Waals surface area contributed by atoms with Gasteiger partial charge in [0.05, 0.1) is 4.92 Å². The van der Waals surface area contributed by atoms with Gasteiger partial charge in [-0.2, -0.15) is 0 Å². The Morgan fingerprint density at radius 3 is 2.38 bits per heavy atom. The smallest absolute Gasteiger partial charge is 0.354 e. The topological polar surface area (TPSA) is 105 Å². The Morgan fingerprint density at radius 2 is 1.86 bits per heavy atom. The summed E-state index contributed by atoms with van der Waals surface area (Å²) >= 11 is 0. The van der Waals surface area contributed by atoms with Gasteiger partial charge in [-0.1, -0.05) is 6.07 Å². The highest BCUT2D eigenvalue weighted by molar-refractivity contribution is 5.86. The number of hydrogen-bond acceptors (Lipinski definition) is 5. The maximum absolute atomic E-state index is 11.0. The Balaban J connectivity index is 2.47. The summed E-state index contributed by atoms with van der Waals surface area (Å²) in [5, 5.41) is 22.8. The number of nitrogens with one attached hydrogen (secondary N) is 1. The van der Waals surface area contributed by atoms with Crippen molar-refractivity contribution in [2.45, 2.75) is 13.8 Å². The molecule has 0 spiro atoms. The van der Waals surface area contributed by atoms with E-state index in [1.165, 1.54) is 0 Å². The van der Waals surface area contributed by atoms with Crippen LogP contribution >= 0.6 is 0 Å². The molecule has 0 aliphatic heterocycles. The van der Waals surface area contributed by atoms with E-state index in [0.717, 1.165) is 23.3 Å². The molecule has 0 aliphatic rings. The molecule has 7 heteroatoms. The number of nitrogens with zero attached hydrogens (tertiary/aromatic N) is 2. The quantitative estimate of drug-likeness (QED) is 0.661. The average molecular weight is 287 g/mol. The van der Waals surface area contributed by atoms with E-state index in [1.54, 1.807) is 12.1 Å². The minimum absolute atomic E-state index is 0.0927. The van der Waals surface area contributed by atoms with Gasteiger partial charge in [0.25, 0.3) is 0 Å². The van der Waals surface area contributed by atoms with Gasteiger partial charge in [-0.25, -0.2) is 9.78 Å². The van der Waals surface area contributed by atoms with Crippen molar-refractivity contribution < 1.29 is 14.8 Å². The number of carbonyl (C=O) groups is 1. The van der Waals surface area contributed by atoms with E-state index in [9.17, 15) is 14.9 Å². The molecule has 2 aromatic rings. The molecule has 21 heavy (non-hydrogen) atoms. The van der Waals surface area contributed by atoms with Crippen molar-refractivity contribution in [3.63, 3.8) is 0 Å². The zero-order chi connectivity index (χ0) is 15.6. The molecular formula is C14H13N3O4. The maximum atomic E-state index is 11.0. The van der Waals surface area contributed by atoms with E-state index in [-0.39, 0.29) is 17.2 Å². The Bertz CT molecular complexity index is 708.